The van der Waals surface area contributed by atoms with E-state index in [0.29, 0.717) is 25.8 Å². The third-order valence-electron chi connectivity index (χ3n) is 4.14. The third kappa shape index (κ3) is 5.32. The van der Waals surface area contributed by atoms with Crippen LogP contribution < -0.4 is 10.0 Å². The summed E-state index contributed by atoms with van der Waals surface area (Å²) in [4.78, 5) is 11.9. The van der Waals surface area contributed by atoms with Gasteiger partial charge in [0.2, 0.25) is 15.9 Å². The van der Waals surface area contributed by atoms with Crippen molar-refractivity contribution in [3.05, 3.63) is 29.3 Å². The summed E-state index contributed by atoms with van der Waals surface area (Å²) in [5.41, 5.74) is 3.59. The van der Waals surface area contributed by atoms with Gasteiger partial charge in [-0.2, -0.15) is 0 Å². The highest BCUT2D eigenvalue weighted by atomic mass is 32.2. The Balaban J connectivity index is 1.68. The second-order valence-electron chi connectivity index (χ2n) is 6.33. The molecule has 0 aromatic heterocycles. The summed E-state index contributed by atoms with van der Waals surface area (Å²) in [5.74, 6) is -0.0188. The lowest BCUT2D eigenvalue weighted by Gasteiger charge is -2.09. The molecule has 0 spiro atoms. The molecule has 0 saturated carbocycles. The quantitative estimate of drug-likeness (QED) is 0.716. The number of unbranched alkanes of at least 4 members (excludes halogenated alkanes) is 1. The zero-order valence-corrected chi connectivity index (χ0v) is 14.7. The average Bonchev–Trinajstić information content (AvgIpc) is 2.94. The smallest absolute Gasteiger partial charge is 0.224 e. The van der Waals surface area contributed by atoms with Crippen molar-refractivity contribution in [2.24, 2.45) is 0 Å². The van der Waals surface area contributed by atoms with Crippen molar-refractivity contribution in [3.63, 3.8) is 0 Å². The molecule has 2 N–H and O–H groups in total. The SMILES string of the molecule is CC(C)S(=O)(=O)NCCCCC(=O)Nc1ccc2c(c1)CCC2. The molecule has 5 nitrogen and oxygen atoms in total. The Kier molecular flexibility index (Phi) is 6.18. The Morgan fingerprint density at radius 2 is 1.91 bits per heavy atom. The van der Waals surface area contributed by atoms with E-state index in [0.717, 1.165) is 18.5 Å². The van der Waals surface area contributed by atoms with Crippen LogP contribution in [0, 0.1) is 0 Å². The molecule has 0 saturated heterocycles. The molecular formula is C17H26N2O3S. The lowest BCUT2D eigenvalue weighted by atomic mass is 10.1. The summed E-state index contributed by atoms with van der Waals surface area (Å²) in [5, 5.41) is 2.49. The van der Waals surface area contributed by atoms with Crippen LogP contribution >= 0.6 is 0 Å². The van der Waals surface area contributed by atoms with E-state index in [1.54, 1.807) is 13.8 Å². The summed E-state index contributed by atoms with van der Waals surface area (Å²) in [6.07, 6.45) is 5.14. The highest BCUT2D eigenvalue weighted by Crippen LogP contribution is 2.24. The minimum atomic E-state index is -3.20. The van der Waals surface area contributed by atoms with Crippen molar-refractivity contribution < 1.29 is 13.2 Å². The molecule has 1 aliphatic rings. The fraction of sp³-hybridized carbons (Fsp3) is 0.588. The number of hydrogen-bond donors (Lipinski definition) is 2. The third-order valence-corrected chi connectivity index (χ3v) is 5.98. The molecule has 6 heteroatoms. The summed E-state index contributed by atoms with van der Waals surface area (Å²) >= 11 is 0. The van der Waals surface area contributed by atoms with E-state index >= 15 is 0 Å². The van der Waals surface area contributed by atoms with Gasteiger partial charge < -0.3 is 5.32 Å². The second-order valence-corrected chi connectivity index (χ2v) is 8.65. The van der Waals surface area contributed by atoms with Crippen LogP contribution in [0.15, 0.2) is 18.2 Å². The van der Waals surface area contributed by atoms with Gasteiger partial charge >= 0.3 is 0 Å². The van der Waals surface area contributed by atoms with E-state index in [-0.39, 0.29) is 5.91 Å². The fourth-order valence-corrected chi connectivity index (χ4v) is 3.43. The van der Waals surface area contributed by atoms with Gasteiger partial charge in [-0.3, -0.25) is 4.79 Å². The Morgan fingerprint density at radius 3 is 2.65 bits per heavy atom. The molecule has 0 fully saturated rings. The second kappa shape index (κ2) is 7.93. The predicted octanol–water partition coefficient (Wildman–Crippen LogP) is 2.61. The van der Waals surface area contributed by atoms with Crippen molar-refractivity contribution in [2.75, 3.05) is 11.9 Å². The van der Waals surface area contributed by atoms with Crippen LogP contribution in [-0.4, -0.2) is 26.1 Å². The zero-order valence-electron chi connectivity index (χ0n) is 13.9. The average molecular weight is 338 g/mol. The molecule has 1 aromatic carbocycles. The van der Waals surface area contributed by atoms with Gasteiger partial charge in [-0.15, -0.1) is 0 Å². The van der Waals surface area contributed by atoms with Gasteiger partial charge in [0.05, 0.1) is 5.25 Å². The number of hydrogen-bond acceptors (Lipinski definition) is 3. The first-order valence-corrected chi connectivity index (χ1v) is 9.83. The van der Waals surface area contributed by atoms with Crippen LogP contribution in [0.25, 0.3) is 0 Å². The summed E-state index contributed by atoms with van der Waals surface area (Å²) in [6, 6.07) is 6.12. The predicted molar refractivity (Wildman–Crippen MR) is 93.0 cm³/mol. The first kappa shape index (κ1) is 17.9. The topological polar surface area (TPSA) is 75.3 Å². The van der Waals surface area contributed by atoms with Gasteiger partial charge in [0, 0.05) is 18.7 Å². The number of aryl methyl sites for hydroxylation is 2. The number of carbonyl (C=O) groups is 1. The fourth-order valence-electron chi connectivity index (χ4n) is 2.66. The van der Waals surface area contributed by atoms with Crippen LogP contribution in [0.1, 0.15) is 50.7 Å². The molecular weight excluding hydrogens is 312 g/mol. The van der Waals surface area contributed by atoms with E-state index in [4.69, 9.17) is 0 Å². The number of amides is 1. The number of sulfonamides is 1. The number of benzene rings is 1. The number of anilines is 1. The van der Waals surface area contributed by atoms with E-state index in [9.17, 15) is 13.2 Å². The van der Waals surface area contributed by atoms with Crippen LogP contribution in [0.4, 0.5) is 5.69 Å². The van der Waals surface area contributed by atoms with Crippen molar-refractivity contribution in [2.45, 2.75) is 57.6 Å². The van der Waals surface area contributed by atoms with Crippen LogP contribution in [-0.2, 0) is 27.7 Å². The van der Waals surface area contributed by atoms with E-state index in [1.165, 1.54) is 17.5 Å². The largest absolute Gasteiger partial charge is 0.326 e. The van der Waals surface area contributed by atoms with Crippen LogP contribution in [0.2, 0.25) is 0 Å². The molecule has 1 amide bonds. The van der Waals surface area contributed by atoms with E-state index in [2.05, 4.69) is 22.2 Å². The lowest BCUT2D eigenvalue weighted by molar-refractivity contribution is -0.116. The summed E-state index contributed by atoms with van der Waals surface area (Å²) < 4.78 is 25.7. The Labute approximate surface area is 138 Å². The van der Waals surface area contributed by atoms with Gasteiger partial charge in [0.15, 0.2) is 0 Å². The summed E-state index contributed by atoms with van der Waals surface area (Å²) in [6.45, 7) is 3.67. The summed E-state index contributed by atoms with van der Waals surface area (Å²) in [7, 11) is -3.20. The van der Waals surface area contributed by atoms with E-state index < -0.39 is 15.3 Å². The van der Waals surface area contributed by atoms with Gasteiger partial charge in [-0.1, -0.05) is 6.07 Å². The molecule has 0 unspecified atom stereocenters. The first-order chi connectivity index (χ1) is 10.9. The standard InChI is InChI=1S/C17H26N2O3S/c1-13(2)23(21,22)18-11-4-3-8-17(20)19-16-10-9-14-6-5-7-15(14)12-16/h9-10,12-13,18H,3-8,11H2,1-2H3,(H,19,20). The molecule has 0 atom stereocenters. The van der Waals surface area contributed by atoms with Crippen molar-refractivity contribution in [1.82, 2.24) is 4.72 Å². The number of fused-ring (bicyclic) bond motifs is 1. The maximum Gasteiger partial charge on any atom is 0.224 e. The monoisotopic (exact) mass is 338 g/mol. The maximum absolute atomic E-state index is 11.9. The number of nitrogens with one attached hydrogen (secondary N) is 2. The zero-order chi connectivity index (χ0) is 16.9. The number of carbonyl (C=O) groups excluding carboxylic acids is 1. The molecule has 1 aromatic rings. The van der Waals surface area contributed by atoms with Crippen LogP contribution in [0.3, 0.4) is 0 Å². The van der Waals surface area contributed by atoms with Crippen LogP contribution in [0.5, 0.6) is 0 Å². The lowest BCUT2D eigenvalue weighted by Crippen LogP contribution is -2.31. The molecule has 128 valence electrons. The number of rotatable bonds is 8. The molecule has 0 radical (unpaired) electrons. The first-order valence-electron chi connectivity index (χ1n) is 8.28. The van der Waals surface area contributed by atoms with Gasteiger partial charge in [-0.25, -0.2) is 13.1 Å². The molecule has 2 rings (SSSR count). The Bertz CT molecular complexity index is 654. The van der Waals surface area contributed by atoms with E-state index in [1.807, 2.05) is 6.07 Å². The molecule has 1 aliphatic carbocycles. The minimum Gasteiger partial charge on any atom is -0.326 e. The molecule has 23 heavy (non-hydrogen) atoms. The molecule has 0 aliphatic heterocycles. The van der Waals surface area contributed by atoms with Gasteiger partial charge in [0.1, 0.15) is 0 Å². The minimum absolute atomic E-state index is 0.0188. The van der Waals surface area contributed by atoms with Crippen molar-refractivity contribution in [1.29, 1.82) is 0 Å². The highest BCUT2D eigenvalue weighted by molar-refractivity contribution is 7.90. The Morgan fingerprint density at radius 1 is 1.17 bits per heavy atom. The van der Waals surface area contributed by atoms with Crippen molar-refractivity contribution >= 4 is 21.6 Å². The Hall–Kier alpha value is -1.40. The van der Waals surface area contributed by atoms with Gasteiger partial charge in [0.25, 0.3) is 0 Å². The maximum atomic E-state index is 11.9. The molecule has 0 bridgehead atoms. The molecule has 0 heterocycles. The highest BCUT2D eigenvalue weighted by Gasteiger charge is 2.14. The van der Waals surface area contributed by atoms with Crippen molar-refractivity contribution in [3.8, 4) is 0 Å². The van der Waals surface area contributed by atoms with Gasteiger partial charge in [-0.05, 0) is 69.2 Å². The normalized spacial score (nSPS) is 14.0.